The molecule has 136 valence electrons. The number of imidazole rings is 1. The molecule has 0 bridgehead atoms. The van der Waals surface area contributed by atoms with E-state index in [9.17, 15) is 9.59 Å². The molecule has 0 atom stereocenters. The fourth-order valence-corrected chi connectivity index (χ4v) is 2.89. The van der Waals surface area contributed by atoms with Gasteiger partial charge in [0.1, 0.15) is 18.2 Å². The van der Waals surface area contributed by atoms with Crippen LogP contribution in [0.5, 0.6) is 0 Å². The Morgan fingerprint density at radius 1 is 1.19 bits per heavy atom. The first-order chi connectivity index (χ1) is 13.1. The topological polar surface area (TPSA) is 95.0 Å². The van der Waals surface area contributed by atoms with Gasteiger partial charge in [0.15, 0.2) is 5.58 Å². The lowest BCUT2D eigenvalue weighted by molar-refractivity contribution is -0.121. The summed E-state index contributed by atoms with van der Waals surface area (Å²) in [6.07, 6.45) is 5.22. The predicted molar refractivity (Wildman–Crippen MR) is 98.4 cm³/mol. The van der Waals surface area contributed by atoms with Crippen LogP contribution in [-0.4, -0.2) is 25.0 Å². The fourth-order valence-electron chi connectivity index (χ4n) is 2.89. The zero-order valence-corrected chi connectivity index (χ0v) is 14.6. The van der Waals surface area contributed by atoms with Crippen LogP contribution in [0.3, 0.4) is 0 Å². The highest BCUT2D eigenvalue weighted by Crippen LogP contribution is 2.12. The van der Waals surface area contributed by atoms with E-state index in [1.54, 1.807) is 36.7 Å². The Bertz CT molecular complexity index is 1170. The lowest BCUT2D eigenvalue weighted by Crippen LogP contribution is -2.30. The lowest BCUT2D eigenvalue weighted by Gasteiger charge is -2.08. The first kappa shape index (κ1) is 16.8. The molecule has 4 rings (SSSR count). The van der Waals surface area contributed by atoms with E-state index < -0.39 is 5.76 Å². The average molecular weight is 363 g/mol. The van der Waals surface area contributed by atoms with Crippen molar-refractivity contribution in [3.05, 3.63) is 76.9 Å². The van der Waals surface area contributed by atoms with Crippen molar-refractivity contribution in [1.29, 1.82) is 0 Å². The van der Waals surface area contributed by atoms with Crippen molar-refractivity contribution >= 4 is 17.0 Å². The van der Waals surface area contributed by atoms with Gasteiger partial charge >= 0.3 is 5.76 Å². The highest BCUT2D eigenvalue weighted by atomic mass is 16.4. The van der Waals surface area contributed by atoms with E-state index in [1.807, 2.05) is 29.8 Å². The Kier molecular flexibility index (Phi) is 4.29. The smallest absolute Gasteiger partial charge is 0.408 e. The van der Waals surface area contributed by atoms with Gasteiger partial charge in [-0.25, -0.2) is 14.8 Å². The lowest BCUT2D eigenvalue weighted by atomic mass is 10.2. The number of nitrogens with one attached hydrogen (secondary N) is 1. The summed E-state index contributed by atoms with van der Waals surface area (Å²) in [4.78, 5) is 32.8. The van der Waals surface area contributed by atoms with Crippen molar-refractivity contribution in [1.82, 2.24) is 24.4 Å². The van der Waals surface area contributed by atoms with Crippen LogP contribution >= 0.6 is 0 Å². The molecule has 0 unspecified atom stereocenters. The number of pyridine rings is 1. The van der Waals surface area contributed by atoms with E-state index in [1.165, 1.54) is 4.57 Å². The van der Waals surface area contributed by atoms with Gasteiger partial charge in [-0.2, -0.15) is 0 Å². The number of carbonyl (C=O) groups is 1. The molecule has 0 spiro atoms. The van der Waals surface area contributed by atoms with Gasteiger partial charge < -0.3 is 9.73 Å². The summed E-state index contributed by atoms with van der Waals surface area (Å²) >= 11 is 0. The summed E-state index contributed by atoms with van der Waals surface area (Å²) in [6, 6.07) is 10.7. The molecule has 0 aliphatic heterocycles. The number of aryl methyl sites for hydroxylation is 1. The zero-order valence-electron chi connectivity index (χ0n) is 14.6. The van der Waals surface area contributed by atoms with E-state index in [-0.39, 0.29) is 12.5 Å². The standard InChI is InChI=1S/C19H17N5O3/c1-13-20-8-9-23(13)17-10-14(6-7-21-17)11-22-18(25)12-24-15-4-2-3-5-16(15)27-19(24)26/h2-10H,11-12H2,1H3,(H,22,25). The molecule has 0 saturated carbocycles. The molecule has 0 radical (unpaired) electrons. The van der Waals surface area contributed by atoms with E-state index in [0.29, 0.717) is 17.6 Å². The Morgan fingerprint density at radius 2 is 2.04 bits per heavy atom. The fraction of sp³-hybridized carbons (Fsp3) is 0.158. The number of rotatable bonds is 5. The van der Waals surface area contributed by atoms with Gasteiger partial charge in [0, 0.05) is 25.1 Å². The quantitative estimate of drug-likeness (QED) is 0.583. The third-order valence-electron chi connectivity index (χ3n) is 4.25. The van der Waals surface area contributed by atoms with Crippen LogP contribution < -0.4 is 11.1 Å². The number of carbonyl (C=O) groups excluding carboxylic acids is 1. The monoisotopic (exact) mass is 363 g/mol. The number of aromatic nitrogens is 4. The van der Waals surface area contributed by atoms with Crippen molar-refractivity contribution in [2.24, 2.45) is 0 Å². The molecule has 8 nitrogen and oxygen atoms in total. The molecule has 0 saturated heterocycles. The number of fused-ring (bicyclic) bond motifs is 1. The molecular formula is C19H17N5O3. The largest absolute Gasteiger partial charge is 0.420 e. The second-order valence-electron chi connectivity index (χ2n) is 6.07. The van der Waals surface area contributed by atoms with Crippen LogP contribution in [0.4, 0.5) is 0 Å². The highest BCUT2D eigenvalue weighted by Gasteiger charge is 2.12. The third kappa shape index (κ3) is 3.37. The molecule has 8 heteroatoms. The summed E-state index contributed by atoms with van der Waals surface area (Å²) in [5.41, 5.74) is 1.95. The summed E-state index contributed by atoms with van der Waals surface area (Å²) in [6.45, 7) is 2.12. The number of amides is 1. The summed E-state index contributed by atoms with van der Waals surface area (Å²) in [5.74, 6) is 0.734. The van der Waals surface area contributed by atoms with Gasteiger partial charge in [-0.1, -0.05) is 12.1 Å². The molecule has 1 N–H and O–H groups in total. The summed E-state index contributed by atoms with van der Waals surface area (Å²) < 4.78 is 8.32. The predicted octanol–water partition coefficient (Wildman–Crippen LogP) is 1.80. The van der Waals surface area contributed by atoms with E-state index in [2.05, 4.69) is 15.3 Å². The SMILES string of the molecule is Cc1nccn1-c1cc(CNC(=O)Cn2c(=O)oc3ccccc32)ccn1. The maximum Gasteiger partial charge on any atom is 0.420 e. The van der Waals surface area contributed by atoms with Crippen LogP contribution in [0.1, 0.15) is 11.4 Å². The van der Waals surface area contributed by atoms with Gasteiger partial charge in [0.05, 0.1) is 5.52 Å². The maximum atomic E-state index is 12.3. The second-order valence-corrected chi connectivity index (χ2v) is 6.07. The Labute approximate surface area is 154 Å². The van der Waals surface area contributed by atoms with E-state index >= 15 is 0 Å². The number of oxazole rings is 1. The van der Waals surface area contributed by atoms with Gasteiger partial charge in [-0.3, -0.25) is 13.9 Å². The Morgan fingerprint density at radius 3 is 2.85 bits per heavy atom. The van der Waals surface area contributed by atoms with Gasteiger partial charge in [0.25, 0.3) is 0 Å². The number of nitrogens with zero attached hydrogens (tertiary/aromatic N) is 4. The minimum Gasteiger partial charge on any atom is -0.408 e. The molecule has 0 fully saturated rings. The van der Waals surface area contributed by atoms with Gasteiger partial charge in [-0.05, 0) is 36.8 Å². The van der Waals surface area contributed by atoms with Crippen molar-refractivity contribution in [3.8, 4) is 5.82 Å². The molecule has 0 aliphatic rings. The normalized spacial score (nSPS) is 11.0. The molecule has 0 aliphatic carbocycles. The maximum absolute atomic E-state index is 12.3. The van der Waals surface area contributed by atoms with Gasteiger partial charge in [0.2, 0.25) is 5.91 Å². The number of hydrogen-bond acceptors (Lipinski definition) is 5. The van der Waals surface area contributed by atoms with Crippen LogP contribution in [-0.2, 0) is 17.9 Å². The molecule has 3 heterocycles. The molecule has 3 aromatic heterocycles. The van der Waals surface area contributed by atoms with Crippen molar-refractivity contribution in [3.63, 3.8) is 0 Å². The molecular weight excluding hydrogens is 346 g/mol. The summed E-state index contributed by atoms with van der Waals surface area (Å²) in [5, 5.41) is 2.82. The number of benzene rings is 1. The van der Waals surface area contributed by atoms with E-state index in [4.69, 9.17) is 4.42 Å². The van der Waals surface area contributed by atoms with Crippen molar-refractivity contribution in [2.75, 3.05) is 0 Å². The average Bonchev–Trinajstić information content (AvgIpc) is 3.24. The minimum absolute atomic E-state index is 0.103. The Balaban J connectivity index is 1.46. The van der Waals surface area contributed by atoms with E-state index in [0.717, 1.165) is 17.2 Å². The zero-order chi connectivity index (χ0) is 18.8. The van der Waals surface area contributed by atoms with Crippen LogP contribution in [0.15, 0.2) is 64.2 Å². The van der Waals surface area contributed by atoms with Crippen LogP contribution in [0.25, 0.3) is 16.9 Å². The molecule has 4 aromatic rings. The minimum atomic E-state index is -0.548. The molecule has 27 heavy (non-hydrogen) atoms. The van der Waals surface area contributed by atoms with Crippen molar-refractivity contribution < 1.29 is 9.21 Å². The molecule has 1 amide bonds. The van der Waals surface area contributed by atoms with Gasteiger partial charge in [-0.15, -0.1) is 0 Å². The first-order valence-corrected chi connectivity index (χ1v) is 8.42. The summed E-state index contributed by atoms with van der Waals surface area (Å²) in [7, 11) is 0. The third-order valence-corrected chi connectivity index (χ3v) is 4.25. The molecule has 1 aromatic carbocycles. The van der Waals surface area contributed by atoms with Crippen molar-refractivity contribution in [2.45, 2.75) is 20.0 Å². The highest BCUT2D eigenvalue weighted by molar-refractivity contribution is 5.79. The van der Waals surface area contributed by atoms with Crippen LogP contribution in [0, 0.1) is 6.92 Å². The van der Waals surface area contributed by atoms with Crippen LogP contribution in [0.2, 0.25) is 0 Å². The number of para-hydroxylation sites is 2. The number of hydrogen-bond donors (Lipinski definition) is 1. The second kappa shape index (κ2) is 6.91. The first-order valence-electron chi connectivity index (χ1n) is 8.42. The Hall–Kier alpha value is -3.68.